The largest absolute Gasteiger partial charge is 0.295 e. The lowest BCUT2D eigenvalue weighted by Gasteiger charge is -2.30. The van der Waals surface area contributed by atoms with Crippen LogP contribution in [0.15, 0.2) is 36.5 Å². The number of nitrogens with zero attached hydrogens (tertiary/aromatic N) is 2. The summed E-state index contributed by atoms with van der Waals surface area (Å²) in [6.07, 6.45) is 15.0. The number of imidazole rings is 1. The molecule has 6 rings (SSSR count). The van der Waals surface area contributed by atoms with Crippen LogP contribution >= 0.6 is 0 Å². The van der Waals surface area contributed by atoms with E-state index in [4.69, 9.17) is 0 Å². The maximum atomic E-state index is 2.62. The first-order valence-corrected chi connectivity index (χ1v) is 12.5. The normalized spacial score (nSPS) is 20.4. The predicted octanol–water partition coefficient (Wildman–Crippen LogP) is 7.08. The second kappa shape index (κ2) is 7.36. The van der Waals surface area contributed by atoms with Crippen LogP contribution in [0.3, 0.4) is 0 Å². The van der Waals surface area contributed by atoms with Crippen LogP contribution in [0.2, 0.25) is 0 Å². The van der Waals surface area contributed by atoms with E-state index in [1.54, 1.807) is 5.56 Å². The molecule has 2 aromatic carbocycles. The zero-order valence-corrected chi connectivity index (χ0v) is 19.4. The van der Waals surface area contributed by atoms with Crippen molar-refractivity contribution in [2.45, 2.75) is 77.6 Å². The van der Waals surface area contributed by atoms with Crippen LogP contribution in [0.4, 0.5) is 0 Å². The van der Waals surface area contributed by atoms with E-state index in [2.05, 4.69) is 66.4 Å². The highest BCUT2D eigenvalue weighted by molar-refractivity contribution is 6.14. The van der Waals surface area contributed by atoms with Crippen molar-refractivity contribution >= 4 is 27.3 Å². The Morgan fingerprint density at radius 2 is 1.55 bits per heavy atom. The van der Waals surface area contributed by atoms with Gasteiger partial charge in [-0.2, -0.15) is 4.40 Å². The quantitative estimate of drug-likeness (QED) is 0.234. The smallest absolute Gasteiger partial charge is 0.232 e. The van der Waals surface area contributed by atoms with Crippen LogP contribution in [0.25, 0.3) is 27.3 Å². The molecule has 2 aromatic heterocycles. The van der Waals surface area contributed by atoms with Gasteiger partial charge < -0.3 is 0 Å². The van der Waals surface area contributed by atoms with Gasteiger partial charge in [-0.3, -0.25) is 0 Å². The van der Waals surface area contributed by atoms with Gasteiger partial charge in [0.1, 0.15) is 17.4 Å². The zero-order valence-electron chi connectivity index (χ0n) is 19.4. The monoisotopic (exact) mass is 411 g/mol. The number of fused-ring (bicyclic) bond motifs is 3. The first-order valence-electron chi connectivity index (χ1n) is 12.5. The van der Waals surface area contributed by atoms with Crippen molar-refractivity contribution in [3.8, 4) is 0 Å². The molecule has 1 unspecified atom stereocenters. The maximum absolute atomic E-state index is 2.62. The topological polar surface area (TPSA) is 8.29 Å². The fourth-order valence-corrected chi connectivity index (χ4v) is 6.90. The summed E-state index contributed by atoms with van der Waals surface area (Å²) in [5.74, 6) is 1.48. The van der Waals surface area contributed by atoms with E-state index in [1.165, 1.54) is 102 Å². The van der Waals surface area contributed by atoms with Crippen molar-refractivity contribution in [1.29, 1.82) is 0 Å². The van der Waals surface area contributed by atoms with Crippen LogP contribution in [0, 0.1) is 19.8 Å². The van der Waals surface area contributed by atoms with Gasteiger partial charge in [0.05, 0.1) is 12.4 Å². The van der Waals surface area contributed by atoms with Gasteiger partial charge in [0.25, 0.3) is 5.65 Å². The number of aryl methyl sites for hydroxylation is 3. The summed E-state index contributed by atoms with van der Waals surface area (Å²) in [5, 5.41) is 4.33. The van der Waals surface area contributed by atoms with Gasteiger partial charge in [-0.05, 0) is 49.7 Å². The van der Waals surface area contributed by atoms with Crippen molar-refractivity contribution in [3.05, 3.63) is 58.9 Å². The minimum Gasteiger partial charge on any atom is -0.232 e. The molecule has 0 saturated heterocycles. The molecule has 160 valence electrons. The standard InChI is InChI=1S/C29H35N2/c1-19-11-10-14-24-26-20(2)15-16-23-25(21-12-8-6-4-5-7-9-13-21)17-22-18-30(3)29(27(19)24)31(22)28(23)26/h10-11,14-16,18,21,25H,4-9,12-13,17H2,1-3H3/q+1. The van der Waals surface area contributed by atoms with E-state index < -0.39 is 0 Å². The molecule has 1 fully saturated rings. The third-order valence-electron chi connectivity index (χ3n) is 8.38. The SMILES string of the molecule is Cc1ccc2c3c1c1cccc(C)c1c1n3c(c[n+]1C)CC2C1CCCCCCCC1. The molecule has 1 aliphatic heterocycles. The van der Waals surface area contributed by atoms with E-state index in [-0.39, 0.29) is 0 Å². The zero-order chi connectivity index (χ0) is 21.1. The summed E-state index contributed by atoms with van der Waals surface area (Å²) in [6.45, 7) is 4.57. The van der Waals surface area contributed by atoms with Gasteiger partial charge in [0.15, 0.2) is 0 Å². The Kier molecular flexibility index (Phi) is 4.59. The number of hydrogen-bond acceptors (Lipinski definition) is 0. The van der Waals surface area contributed by atoms with Gasteiger partial charge in [-0.25, -0.2) is 4.57 Å². The van der Waals surface area contributed by atoms with Gasteiger partial charge in [-0.1, -0.05) is 68.9 Å². The average Bonchev–Trinajstić information content (AvgIpc) is 3.16. The summed E-state index contributed by atoms with van der Waals surface area (Å²) in [6, 6.07) is 11.8. The number of rotatable bonds is 1. The highest BCUT2D eigenvalue weighted by Gasteiger charge is 2.36. The van der Waals surface area contributed by atoms with Crippen molar-refractivity contribution in [2.24, 2.45) is 13.0 Å². The van der Waals surface area contributed by atoms with Crippen LogP contribution < -0.4 is 4.57 Å². The Morgan fingerprint density at radius 1 is 0.839 bits per heavy atom. The molecule has 3 heterocycles. The van der Waals surface area contributed by atoms with Crippen molar-refractivity contribution in [3.63, 3.8) is 0 Å². The minimum absolute atomic E-state index is 0.661. The van der Waals surface area contributed by atoms with Crippen LogP contribution in [0.5, 0.6) is 0 Å². The fourth-order valence-electron chi connectivity index (χ4n) is 6.90. The van der Waals surface area contributed by atoms with Crippen molar-refractivity contribution < 1.29 is 4.57 Å². The average molecular weight is 412 g/mol. The third kappa shape index (κ3) is 2.87. The maximum Gasteiger partial charge on any atom is 0.295 e. The first kappa shape index (κ1) is 19.3. The van der Waals surface area contributed by atoms with E-state index >= 15 is 0 Å². The Bertz CT molecular complexity index is 1300. The fraction of sp³-hybridized carbons (Fsp3) is 0.483. The second-order valence-electron chi connectivity index (χ2n) is 10.4. The predicted molar refractivity (Wildman–Crippen MR) is 130 cm³/mol. The molecular formula is C29H35N2+. The molecule has 1 atom stereocenters. The molecular weight excluding hydrogens is 376 g/mol. The molecule has 4 aromatic rings. The number of pyridine rings is 1. The van der Waals surface area contributed by atoms with Crippen molar-refractivity contribution in [2.75, 3.05) is 0 Å². The van der Waals surface area contributed by atoms with Gasteiger partial charge in [0.2, 0.25) is 0 Å². The van der Waals surface area contributed by atoms with Gasteiger partial charge in [-0.15, -0.1) is 0 Å². The Morgan fingerprint density at radius 3 is 2.32 bits per heavy atom. The van der Waals surface area contributed by atoms with E-state index in [0.717, 1.165) is 5.92 Å². The Hall–Kier alpha value is -2.35. The van der Waals surface area contributed by atoms with Gasteiger partial charge >= 0.3 is 0 Å². The highest BCUT2D eigenvalue weighted by Crippen LogP contribution is 2.45. The Balaban J connectivity index is 1.66. The lowest BCUT2D eigenvalue weighted by Crippen LogP contribution is -2.26. The molecule has 2 aliphatic rings. The van der Waals surface area contributed by atoms with Gasteiger partial charge in [0, 0.05) is 22.8 Å². The molecule has 0 amide bonds. The number of hydrogen-bond donors (Lipinski definition) is 0. The molecule has 1 saturated carbocycles. The summed E-state index contributed by atoms with van der Waals surface area (Å²) >= 11 is 0. The minimum atomic E-state index is 0.661. The summed E-state index contributed by atoms with van der Waals surface area (Å²) in [4.78, 5) is 0. The molecule has 1 aliphatic carbocycles. The summed E-state index contributed by atoms with van der Waals surface area (Å²) < 4.78 is 5.01. The lowest BCUT2D eigenvalue weighted by molar-refractivity contribution is -0.643. The molecule has 0 spiro atoms. The number of aromatic nitrogens is 2. The second-order valence-corrected chi connectivity index (χ2v) is 10.4. The van der Waals surface area contributed by atoms with E-state index in [1.807, 2.05) is 0 Å². The van der Waals surface area contributed by atoms with Crippen molar-refractivity contribution in [1.82, 2.24) is 4.40 Å². The number of benzene rings is 2. The third-order valence-corrected chi connectivity index (χ3v) is 8.38. The Labute approximate surface area is 185 Å². The summed E-state index contributed by atoms with van der Waals surface area (Å²) in [5.41, 5.74) is 8.78. The van der Waals surface area contributed by atoms with Crippen LogP contribution in [-0.2, 0) is 13.5 Å². The highest BCUT2D eigenvalue weighted by atomic mass is 15.1. The molecule has 0 N–H and O–H groups in total. The van der Waals surface area contributed by atoms with E-state index in [9.17, 15) is 0 Å². The molecule has 0 bridgehead atoms. The molecule has 2 heteroatoms. The molecule has 2 nitrogen and oxygen atoms in total. The lowest BCUT2D eigenvalue weighted by atomic mass is 9.75. The van der Waals surface area contributed by atoms with E-state index in [0.29, 0.717) is 5.92 Å². The van der Waals surface area contributed by atoms with Crippen LogP contribution in [-0.4, -0.2) is 4.40 Å². The molecule has 0 radical (unpaired) electrons. The first-order chi connectivity index (χ1) is 15.1. The van der Waals surface area contributed by atoms with Crippen LogP contribution in [0.1, 0.15) is 79.7 Å². The molecule has 31 heavy (non-hydrogen) atoms. The summed E-state index contributed by atoms with van der Waals surface area (Å²) in [7, 11) is 2.24.